The number of hydrogen-bond donors (Lipinski definition) is 2. The first-order valence-electron chi connectivity index (χ1n) is 9.65. The number of ether oxygens (including phenoxy) is 2. The Morgan fingerprint density at radius 1 is 1.30 bits per heavy atom. The molecule has 0 atom stereocenters. The summed E-state index contributed by atoms with van der Waals surface area (Å²) in [7, 11) is 0. The Labute approximate surface area is 158 Å². The predicted molar refractivity (Wildman–Crippen MR) is 95.1 cm³/mol. The van der Waals surface area contributed by atoms with Gasteiger partial charge in [-0.2, -0.15) is 4.98 Å². The Kier molecular flexibility index (Phi) is 4.16. The second kappa shape index (κ2) is 8.23. The highest BCUT2D eigenvalue weighted by atomic mass is 16.6. The van der Waals surface area contributed by atoms with Crippen LogP contribution in [0.15, 0.2) is 41.5 Å². The summed E-state index contributed by atoms with van der Waals surface area (Å²) in [4.78, 5) is 45.5. The number of aromatic amines is 1. The molecule has 0 bridgehead atoms. The molecule has 10 heteroatoms. The van der Waals surface area contributed by atoms with E-state index in [9.17, 15) is 14.4 Å². The summed E-state index contributed by atoms with van der Waals surface area (Å²) in [5.74, 6) is -1.70. The summed E-state index contributed by atoms with van der Waals surface area (Å²) in [5.41, 5.74) is -0.749. The SMILES string of the molecule is [2H]C([2H])(OCn1cnc2c(=O)[nH]c(NC(C)=O)nc21)C([2H])([2H])OC(=O)c1ccccc1. The van der Waals surface area contributed by atoms with Crippen molar-refractivity contribution in [3.63, 3.8) is 0 Å². The van der Waals surface area contributed by atoms with Gasteiger partial charge < -0.3 is 9.47 Å². The zero-order valence-corrected chi connectivity index (χ0v) is 14.1. The van der Waals surface area contributed by atoms with Crippen LogP contribution < -0.4 is 10.9 Å². The van der Waals surface area contributed by atoms with Crippen LogP contribution in [-0.2, 0) is 21.0 Å². The predicted octanol–water partition coefficient (Wildman–Crippen LogP) is 0.909. The van der Waals surface area contributed by atoms with E-state index in [-0.39, 0.29) is 22.7 Å². The van der Waals surface area contributed by atoms with Crippen LogP contribution in [0.25, 0.3) is 11.2 Å². The molecule has 0 fully saturated rings. The van der Waals surface area contributed by atoms with Crippen molar-refractivity contribution in [2.45, 2.75) is 13.7 Å². The molecule has 0 saturated heterocycles. The quantitative estimate of drug-likeness (QED) is 0.587. The molecule has 2 aromatic heterocycles. The molecule has 1 amide bonds. The minimum Gasteiger partial charge on any atom is -0.460 e. The first-order chi connectivity index (χ1) is 14.5. The van der Waals surface area contributed by atoms with Crippen molar-refractivity contribution in [2.24, 2.45) is 0 Å². The van der Waals surface area contributed by atoms with Gasteiger partial charge in [0.15, 0.2) is 11.2 Å². The highest BCUT2D eigenvalue weighted by Gasteiger charge is 2.11. The fourth-order valence-electron chi connectivity index (χ4n) is 2.11. The van der Waals surface area contributed by atoms with E-state index in [1.807, 2.05) is 0 Å². The molecule has 0 radical (unpaired) electrons. The molecular formula is C17H17N5O5. The van der Waals surface area contributed by atoms with Crippen LogP contribution in [0.3, 0.4) is 0 Å². The van der Waals surface area contributed by atoms with Gasteiger partial charge in [-0.05, 0) is 12.1 Å². The molecule has 10 nitrogen and oxygen atoms in total. The van der Waals surface area contributed by atoms with E-state index < -0.39 is 37.3 Å². The molecule has 140 valence electrons. The van der Waals surface area contributed by atoms with Crippen LogP contribution in [0.4, 0.5) is 5.95 Å². The largest absolute Gasteiger partial charge is 0.460 e. The molecule has 0 saturated carbocycles. The van der Waals surface area contributed by atoms with Gasteiger partial charge in [-0.1, -0.05) is 18.2 Å². The number of rotatable bonds is 7. The van der Waals surface area contributed by atoms with Crippen molar-refractivity contribution in [3.8, 4) is 0 Å². The van der Waals surface area contributed by atoms with Gasteiger partial charge in [0.05, 0.1) is 23.9 Å². The van der Waals surface area contributed by atoms with E-state index in [1.165, 1.54) is 19.1 Å². The van der Waals surface area contributed by atoms with Crippen LogP contribution >= 0.6 is 0 Å². The number of carbonyl (C=O) groups is 2. The normalized spacial score (nSPS) is 14.0. The Hall–Kier alpha value is -3.53. The van der Waals surface area contributed by atoms with Gasteiger partial charge in [-0.3, -0.25) is 24.5 Å². The van der Waals surface area contributed by atoms with Crippen LogP contribution in [0, 0.1) is 0 Å². The molecule has 0 aliphatic carbocycles. The summed E-state index contributed by atoms with van der Waals surface area (Å²) in [6.07, 6.45) is 1.13. The standard InChI is InChI=1S/C17H17N5O5/c1-11(23)19-17-20-14-13(15(24)21-17)18-9-22(14)10-26-7-8-27-16(25)12-5-3-2-4-6-12/h2-6,9H,7-8,10H2,1H3,(H2,19,20,21,23,24)/i7D2,8D2. The number of aromatic nitrogens is 4. The maximum Gasteiger partial charge on any atom is 0.338 e. The van der Waals surface area contributed by atoms with E-state index in [2.05, 4.69) is 25.0 Å². The highest BCUT2D eigenvalue weighted by molar-refractivity contribution is 5.89. The Balaban J connectivity index is 1.78. The molecule has 3 aromatic rings. The van der Waals surface area contributed by atoms with E-state index in [1.54, 1.807) is 18.2 Å². The average Bonchev–Trinajstić information content (AvgIpc) is 3.09. The molecule has 0 aliphatic heterocycles. The first-order valence-corrected chi connectivity index (χ1v) is 7.65. The summed E-state index contributed by atoms with van der Waals surface area (Å²) < 4.78 is 42.2. The lowest BCUT2D eigenvalue weighted by molar-refractivity contribution is -0.114. The zero-order valence-electron chi connectivity index (χ0n) is 18.1. The molecular weight excluding hydrogens is 354 g/mol. The van der Waals surface area contributed by atoms with Gasteiger partial charge in [-0.25, -0.2) is 9.78 Å². The smallest absolute Gasteiger partial charge is 0.338 e. The lowest BCUT2D eigenvalue weighted by Gasteiger charge is -2.07. The van der Waals surface area contributed by atoms with Crippen LogP contribution in [0.1, 0.15) is 22.8 Å². The number of imidazole rings is 1. The molecule has 1 aromatic carbocycles. The van der Waals surface area contributed by atoms with Crippen molar-refractivity contribution in [3.05, 3.63) is 52.6 Å². The number of nitrogens with zero attached hydrogens (tertiary/aromatic N) is 3. The number of anilines is 1. The lowest BCUT2D eigenvalue weighted by atomic mass is 10.2. The van der Waals surface area contributed by atoms with Crippen molar-refractivity contribution in [1.29, 1.82) is 0 Å². The van der Waals surface area contributed by atoms with E-state index in [0.717, 1.165) is 10.9 Å². The zero-order chi connectivity index (χ0) is 22.8. The minimum absolute atomic E-state index is 0.0369. The van der Waals surface area contributed by atoms with Gasteiger partial charge in [0, 0.05) is 6.92 Å². The van der Waals surface area contributed by atoms with Gasteiger partial charge in [0.2, 0.25) is 11.9 Å². The van der Waals surface area contributed by atoms with Gasteiger partial charge in [0.1, 0.15) is 13.3 Å². The Morgan fingerprint density at radius 2 is 2.07 bits per heavy atom. The minimum atomic E-state index is -3.15. The summed E-state index contributed by atoms with van der Waals surface area (Å²) in [5, 5.41) is 2.31. The van der Waals surface area contributed by atoms with E-state index in [0.29, 0.717) is 0 Å². The van der Waals surface area contributed by atoms with Crippen LogP contribution in [-0.4, -0.2) is 44.5 Å². The number of carbonyl (C=O) groups excluding carboxylic acids is 2. The Bertz CT molecular complexity index is 1180. The number of amides is 1. The third kappa shape index (κ3) is 4.55. The second-order valence-corrected chi connectivity index (χ2v) is 5.22. The topological polar surface area (TPSA) is 128 Å². The average molecular weight is 375 g/mol. The number of H-pyrrole nitrogens is 1. The third-order valence-electron chi connectivity index (χ3n) is 3.24. The van der Waals surface area contributed by atoms with Crippen LogP contribution in [0.2, 0.25) is 0 Å². The number of nitrogens with one attached hydrogen (secondary N) is 2. The lowest BCUT2D eigenvalue weighted by Crippen LogP contribution is -2.17. The van der Waals surface area contributed by atoms with E-state index >= 15 is 0 Å². The number of fused-ring (bicyclic) bond motifs is 1. The summed E-state index contributed by atoms with van der Waals surface area (Å²) in [6, 6.07) is 7.53. The molecule has 27 heavy (non-hydrogen) atoms. The molecule has 0 unspecified atom stereocenters. The molecule has 3 rings (SSSR count). The maximum atomic E-state index is 12.1. The number of esters is 1. The monoisotopic (exact) mass is 375 g/mol. The number of hydrogen-bond acceptors (Lipinski definition) is 7. The number of benzene rings is 1. The molecule has 0 aliphatic rings. The van der Waals surface area contributed by atoms with Crippen molar-refractivity contribution < 1.29 is 24.5 Å². The maximum absolute atomic E-state index is 12.1. The van der Waals surface area contributed by atoms with Gasteiger partial charge >= 0.3 is 5.97 Å². The van der Waals surface area contributed by atoms with E-state index in [4.69, 9.17) is 10.2 Å². The second-order valence-electron chi connectivity index (χ2n) is 5.22. The summed E-state index contributed by atoms with van der Waals surface area (Å²) >= 11 is 0. The van der Waals surface area contributed by atoms with Gasteiger partial charge in [0.25, 0.3) is 5.56 Å². The van der Waals surface area contributed by atoms with Crippen molar-refractivity contribution in [1.82, 2.24) is 19.5 Å². The van der Waals surface area contributed by atoms with Crippen molar-refractivity contribution >= 4 is 29.0 Å². The highest BCUT2D eigenvalue weighted by Crippen LogP contribution is 2.08. The fourth-order valence-corrected chi connectivity index (χ4v) is 2.11. The third-order valence-corrected chi connectivity index (χ3v) is 3.24. The summed E-state index contributed by atoms with van der Waals surface area (Å²) in [6.45, 7) is -5.63. The Morgan fingerprint density at radius 3 is 2.81 bits per heavy atom. The molecule has 2 N–H and O–H groups in total. The first kappa shape index (κ1) is 13.6. The molecule has 0 spiro atoms. The van der Waals surface area contributed by atoms with Crippen LogP contribution in [0.5, 0.6) is 0 Å². The van der Waals surface area contributed by atoms with Gasteiger partial charge in [-0.15, -0.1) is 0 Å². The fraction of sp³-hybridized carbons (Fsp3) is 0.235. The molecule has 2 heterocycles. The van der Waals surface area contributed by atoms with Crippen molar-refractivity contribution in [2.75, 3.05) is 18.4 Å².